The molecule has 90 valence electrons. The van der Waals surface area contributed by atoms with Crippen LogP contribution in [0, 0.1) is 0 Å². The van der Waals surface area contributed by atoms with Crippen LogP contribution in [-0.4, -0.2) is 40.3 Å². The molecule has 1 unspecified atom stereocenters. The minimum absolute atomic E-state index is 0.360. The molecule has 3 heterocycles. The van der Waals surface area contributed by atoms with Crippen LogP contribution in [0.1, 0.15) is 5.82 Å². The van der Waals surface area contributed by atoms with Crippen molar-refractivity contribution in [2.45, 2.75) is 12.5 Å². The van der Waals surface area contributed by atoms with Crippen molar-refractivity contribution in [3.63, 3.8) is 0 Å². The summed E-state index contributed by atoms with van der Waals surface area (Å²) < 4.78 is 7.56. The van der Waals surface area contributed by atoms with Crippen molar-refractivity contribution in [1.82, 2.24) is 19.9 Å². The highest BCUT2D eigenvalue weighted by atomic mass is 16.5. The van der Waals surface area contributed by atoms with E-state index in [2.05, 4.69) is 19.9 Å². The lowest BCUT2D eigenvalue weighted by Crippen LogP contribution is -2.42. The topological polar surface area (TPSA) is 52.0 Å². The minimum Gasteiger partial charge on any atom is -0.379 e. The molecule has 1 fully saturated rings. The molecule has 1 atom stereocenters. The minimum atomic E-state index is 0.360. The Morgan fingerprint density at radius 3 is 3.29 bits per heavy atom. The number of nitrogens with zero attached hydrogens (tertiary/aromatic N) is 3. The molecule has 0 radical (unpaired) electrons. The quantitative estimate of drug-likeness (QED) is 0.819. The van der Waals surface area contributed by atoms with Crippen molar-refractivity contribution >= 4 is 11.2 Å². The molecule has 3 rings (SSSR count). The summed E-state index contributed by atoms with van der Waals surface area (Å²) in [6, 6.07) is 4.35. The fourth-order valence-electron chi connectivity index (χ4n) is 2.23. The third-order valence-corrected chi connectivity index (χ3v) is 3.18. The van der Waals surface area contributed by atoms with Crippen LogP contribution in [-0.2, 0) is 18.2 Å². The summed E-state index contributed by atoms with van der Waals surface area (Å²) in [6.07, 6.45) is 2.66. The number of pyridine rings is 1. The standard InChI is InChI=1S/C12H16N4O/c1-16-10-3-2-4-14-12(10)15-11(16)7-9-8-17-6-5-13-9/h2-4,9,13H,5-8H2,1H3. The van der Waals surface area contributed by atoms with Crippen molar-refractivity contribution in [3.8, 4) is 0 Å². The Morgan fingerprint density at radius 1 is 1.59 bits per heavy atom. The number of morpholine rings is 1. The van der Waals surface area contributed by atoms with Gasteiger partial charge in [-0.25, -0.2) is 9.97 Å². The molecule has 1 N–H and O–H groups in total. The molecule has 0 aliphatic carbocycles. The van der Waals surface area contributed by atoms with Gasteiger partial charge in [-0.15, -0.1) is 0 Å². The average Bonchev–Trinajstić information content (AvgIpc) is 2.68. The van der Waals surface area contributed by atoms with Crippen molar-refractivity contribution in [2.75, 3.05) is 19.8 Å². The number of aryl methyl sites for hydroxylation is 1. The van der Waals surface area contributed by atoms with Crippen LogP contribution in [0.4, 0.5) is 0 Å². The van der Waals surface area contributed by atoms with Gasteiger partial charge in [0.05, 0.1) is 18.7 Å². The maximum absolute atomic E-state index is 5.45. The van der Waals surface area contributed by atoms with E-state index in [9.17, 15) is 0 Å². The molecule has 1 saturated heterocycles. The van der Waals surface area contributed by atoms with Crippen LogP contribution >= 0.6 is 0 Å². The van der Waals surface area contributed by atoms with Gasteiger partial charge in [0.15, 0.2) is 5.65 Å². The molecule has 1 aliphatic rings. The van der Waals surface area contributed by atoms with Crippen LogP contribution in [0.15, 0.2) is 18.3 Å². The summed E-state index contributed by atoms with van der Waals surface area (Å²) in [5.41, 5.74) is 1.90. The molecule has 0 saturated carbocycles. The number of aromatic nitrogens is 3. The van der Waals surface area contributed by atoms with Crippen LogP contribution in [0.5, 0.6) is 0 Å². The van der Waals surface area contributed by atoms with E-state index in [1.165, 1.54) is 0 Å². The first kappa shape index (κ1) is 10.7. The number of rotatable bonds is 2. The molecule has 0 amide bonds. The second-order valence-corrected chi connectivity index (χ2v) is 4.36. The lowest BCUT2D eigenvalue weighted by molar-refractivity contribution is 0.0762. The highest BCUT2D eigenvalue weighted by Gasteiger charge is 2.17. The number of ether oxygens (including phenoxy) is 1. The maximum atomic E-state index is 5.45. The van der Waals surface area contributed by atoms with E-state index in [0.29, 0.717) is 6.04 Å². The predicted molar refractivity (Wildman–Crippen MR) is 64.8 cm³/mol. The summed E-state index contributed by atoms with van der Waals surface area (Å²) in [5, 5.41) is 3.44. The summed E-state index contributed by atoms with van der Waals surface area (Å²) >= 11 is 0. The fraction of sp³-hybridized carbons (Fsp3) is 0.500. The Hall–Kier alpha value is -1.46. The monoisotopic (exact) mass is 232 g/mol. The summed E-state index contributed by atoms with van der Waals surface area (Å²) in [6.45, 7) is 2.49. The van der Waals surface area contributed by atoms with Gasteiger partial charge in [-0.2, -0.15) is 0 Å². The van der Waals surface area contributed by atoms with E-state index in [1.807, 2.05) is 19.2 Å². The van der Waals surface area contributed by atoms with Gasteiger partial charge in [-0.1, -0.05) is 0 Å². The molecule has 0 aromatic carbocycles. The largest absolute Gasteiger partial charge is 0.379 e. The van der Waals surface area contributed by atoms with E-state index in [0.717, 1.165) is 43.2 Å². The first-order valence-electron chi connectivity index (χ1n) is 5.92. The fourth-order valence-corrected chi connectivity index (χ4v) is 2.23. The Morgan fingerprint density at radius 2 is 2.53 bits per heavy atom. The molecule has 0 bridgehead atoms. The van der Waals surface area contributed by atoms with E-state index >= 15 is 0 Å². The first-order chi connectivity index (χ1) is 8.34. The van der Waals surface area contributed by atoms with Gasteiger partial charge in [0.2, 0.25) is 0 Å². The third-order valence-electron chi connectivity index (χ3n) is 3.18. The molecular formula is C12H16N4O. The zero-order valence-corrected chi connectivity index (χ0v) is 9.89. The van der Waals surface area contributed by atoms with Crippen LogP contribution in [0.25, 0.3) is 11.2 Å². The van der Waals surface area contributed by atoms with Gasteiger partial charge in [-0.3, -0.25) is 0 Å². The van der Waals surface area contributed by atoms with Crippen LogP contribution < -0.4 is 5.32 Å². The van der Waals surface area contributed by atoms with Gasteiger partial charge < -0.3 is 14.6 Å². The summed E-state index contributed by atoms with van der Waals surface area (Å²) in [5.74, 6) is 1.06. The van der Waals surface area contributed by atoms with Gasteiger partial charge in [0, 0.05) is 32.3 Å². The predicted octanol–water partition coefficient (Wildman–Crippen LogP) is 0.499. The second kappa shape index (κ2) is 4.43. The maximum Gasteiger partial charge on any atom is 0.177 e. The molecule has 5 heteroatoms. The smallest absolute Gasteiger partial charge is 0.177 e. The number of hydrogen-bond donors (Lipinski definition) is 1. The average molecular weight is 232 g/mol. The van der Waals surface area contributed by atoms with Crippen molar-refractivity contribution in [2.24, 2.45) is 7.05 Å². The number of fused-ring (bicyclic) bond motifs is 1. The van der Waals surface area contributed by atoms with Crippen molar-refractivity contribution in [1.29, 1.82) is 0 Å². The number of hydrogen-bond acceptors (Lipinski definition) is 4. The normalized spacial score (nSPS) is 20.9. The molecule has 0 spiro atoms. The second-order valence-electron chi connectivity index (χ2n) is 4.36. The van der Waals surface area contributed by atoms with Crippen LogP contribution in [0.2, 0.25) is 0 Å². The molecule has 5 nitrogen and oxygen atoms in total. The first-order valence-corrected chi connectivity index (χ1v) is 5.92. The summed E-state index contributed by atoms with van der Waals surface area (Å²) in [7, 11) is 2.04. The van der Waals surface area contributed by atoms with Crippen molar-refractivity contribution in [3.05, 3.63) is 24.2 Å². The van der Waals surface area contributed by atoms with Gasteiger partial charge in [-0.05, 0) is 12.1 Å². The van der Waals surface area contributed by atoms with Gasteiger partial charge in [0.25, 0.3) is 0 Å². The summed E-state index contributed by atoms with van der Waals surface area (Å²) in [4.78, 5) is 8.83. The van der Waals surface area contributed by atoms with E-state index < -0.39 is 0 Å². The van der Waals surface area contributed by atoms with Gasteiger partial charge >= 0.3 is 0 Å². The molecule has 2 aromatic heterocycles. The SMILES string of the molecule is Cn1c(CC2COCCN2)nc2ncccc21. The highest BCUT2D eigenvalue weighted by molar-refractivity contribution is 5.71. The zero-order chi connectivity index (χ0) is 11.7. The Balaban J connectivity index is 1.87. The molecule has 2 aromatic rings. The van der Waals surface area contributed by atoms with Crippen molar-refractivity contribution < 1.29 is 4.74 Å². The molecule has 17 heavy (non-hydrogen) atoms. The highest BCUT2D eigenvalue weighted by Crippen LogP contribution is 2.13. The Labute approximate surface area is 99.8 Å². The lowest BCUT2D eigenvalue weighted by Gasteiger charge is -2.23. The Bertz CT molecular complexity index is 516. The zero-order valence-electron chi connectivity index (χ0n) is 9.89. The van der Waals surface area contributed by atoms with Crippen LogP contribution in [0.3, 0.4) is 0 Å². The van der Waals surface area contributed by atoms with E-state index in [4.69, 9.17) is 4.74 Å². The lowest BCUT2D eigenvalue weighted by atomic mass is 10.2. The Kier molecular flexibility index (Phi) is 2.78. The van der Waals surface area contributed by atoms with Gasteiger partial charge in [0.1, 0.15) is 5.82 Å². The van der Waals surface area contributed by atoms with E-state index in [1.54, 1.807) is 6.20 Å². The molecular weight excluding hydrogens is 216 g/mol. The number of nitrogens with one attached hydrogen (secondary N) is 1. The van der Waals surface area contributed by atoms with E-state index in [-0.39, 0.29) is 0 Å². The third kappa shape index (κ3) is 2.03. The number of imidazole rings is 1. The molecule has 1 aliphatic heterocycles.